The molecule has 0 amide bonds. The lowest BCUT2D eigenvalue weighted by Crippen LogP contribution is -2.25. The molecule has 1 aromatic heterocycles. The fraction of sp³-hybridized carbons (Fsp3) is 0.231. The molecule has 1 aromatic carbocycles. The smallest absolute Gasteiger partial charge is 0.308 e. The van der Waals surface area contributed by atoms with Crippen LogP contribution in [0.2, 0.25) is 0 Å². The van der Waals surface area contributed by atoms with Crippen LogP contribution >= 0.6 is 0 Å². The van der Waals surface area contributed by atoms with Crippen LogP contribution in [0.5, 0.6) is 0 Å². The average molecular weight is 257 g/mol. The van der Waals surface area contributed by atoms with Gasteiger partial charge in [-0.3, -0.25) is 9.59 Å². The second-order valence-corrected chi connectivity index (χ2v) is 3.75. The number of aromatic nitrogens is 3. The van der Waals surface area contributed by atoms with E-state index in [1.54, 1.807) is 24.3 Å². The molecule has 0 aliphatic carbocycles. The van der Waals surface area contributed by atoms with Gasteiger partial charge in [-0.25, -0.2) is 4.68 Å². The quantitative estimate of drug-likeness (QED) is 0.584. The van der Waals surface area contributed by atoms with Crippen LogP contribution in [-0.2, 0) is 16.1 Å². The van der Waals surface area contributed by atoms with Gasteiger partial charge in [-0.1, -0.05) is 23.3 Å². The van der Waals surface area contributed by atoms with Crippen molar-refractivity contribution in [3.63, 3.8) is 0 Å². The number of nitrogens with zero attached hydrogens (tertiary/aromatic N) is 3. The third-order valence-corrected chi connectivity index (χ3v) is 2.47. The first kappa shape index (κ1) is 12.8. The zero-order chi connectivity index (χ0) is 13.7. The number of carbonyl (C=O) groups excluding carboxylic acids is 1. The fourth-order valence-corrected chi connectivity index (χ4v) is 1.56. The zero-order valence-corrected chi connectivity index (χ0v) is 10.1. The number of ether oxygens (including phenoxy) is 1. The number of aryl methyl sites for hydroxylation is 1. The zero-order valence-electron chi connectivity index (χ0n) is 10.1. The number of hydrogen-bond donors (Lipinski definition) is 0. The number of fused-ring (bicyclic) bond motifs is 1. The van der Waals surface area contributed by atoms with Gasteiger partial charge in [0, 0.05) is 0 Å². The summed E-state index contributed by atoms with van der Waals surface area (Å²) in [5.41, 5.74) is 0.244. The average Bonchev–Trinajstić information content (AvgIpc) is 2.44. The molecule has 0 aliphatic heterocycles. The van der Waals surface area contributed by atoms with E-state index in [0.717, 1.165) is 4.68 Å². The number of carbonyl (C=O) groups is 1. The SMILES string of the molecule is C#CCOC(=O)CCn1nnc2ccccc2c1=O. The molecule has 0 unspecified atom stereocenters. The maximum Gasteiger partial charge on any atom is 0.308 e. The highest BCUT2D eigenvalue weighted by molar-refractivity contribution is 5.76. The Morgan fingerprint density at radius 3 is 3.00 bits per heavy atom. The van der Waals surface area contributed by atoms with Crippen molar-refractivity contribution in [1.29, 1.82) is 0 Å². The highest BCUT2D eigenvalue weighted by atomic mass is 16.5. The van der Waals surface area contributed by atoms with E-state index >= 15 is 0 Å². The van der Waals surface area contributed by atoms with Crippen LogP contribution in [0, 0.1) is 12.3 Å². The summed E-state index contributed by atoms with van der Waals surface area (Å²) in [6.45, 7) is 0.0389. The summed E-state index contributed by atoms with van der Waals surface area (Å²) in [5.74, 6) is 1.72. The Labute approximate surface area is 109 Å². The normalized spacial score (nSPS) is 10.1. The maximum atomic E-state index is 12.0. The van der Waals surface area contributed by atoms with Gasteiger partial charge in [0.1, 0.15) is 5.52 Å². The third kappa shape index (κ3) is 2.96. The summed E-state index contributed by atoms with van der Waals surface area (Å²) in [7, 11) is 0. The minimum atomic E-state index is -0.472. The van der Waals surface area contributed by atoms with Crippen molar-refractivity contribution in [2.45, 2.75) is 13.0 Å². The number of benzene rings is 1. The molecule has 0 saturated heterocycles. The largest absolute Gasteiger partial charge is 0.452 e. The fourth-order valence-electron chi connectivity index (χ4n) is 1.56. The lowest BCUT2D eigenvalue weighted by Gasteiger charge is -2.04. The van der Waals surface area contributed by atoms with Gasteiger partial charge < -0.3 is 4.74 Å². The van der Waals surface area contributed by atoms with Crippen molar-refractivity contribution < 1.29 is 9.53 Å². The van der Waals surface area contributed by atoms with Gasteiger partial charge in [-0.05, 0) is 12.1 Å². The monoisotopic (exact) mass is 257 g/mol. The molecule has 0 spiro atoms. The molecule has 0 radical (unpaired) electrons. The first-order valence-corrected chi connectivity index (χ1v) is 5.64. The molecule has 0 bridgehead atoms. The summed E-state index contributed by atoms with van der Waals surface area (Å²) < 4.78 is 5.84. The first-order chi connectivity index (χ1) is 9.22. The number of terminal acetylenes is 1. The van der Waals surface area contributed by atoms with Crippen LogP contribution in [0.1, 0.15) is 6.42 Å². The molecule has 0 N–H and O–H groups in total. The summed E-state index contributed by atoms with van der Waals surface area (Å²) in [6.07, 6.45) is 4.99. The number of rotatable bonds is 4. The topological polar surface area (TPSA) is 74.1 Å². The molecule has 0 saturated carbocycles. The van der Waals surface area contributed by atoms with Crippen molar-refractivity contribution in [2.24, 2.45) is 0 Å². The maximum absolute atomic E-state index is 12.0. The predicted molar refractivity (Wildman–Crippen MR) is 68.2 cm³/mol. The van der Waals surface area contributed by atoms with Gasteiger partial charge in [0.05, 0.1) is 18.4 Å². The highest BCUT2D eigenvalue weighted by Crippen LogP contribution is 2.03. The van der Waals surface area contributed by atoms with Crippen LogP contribution in [0.15, 0.2) is 29.1 Å². The van der Waals surface area contributed by atoms with Gasteiger partial charge in [0.15, 0.2) is 6.61 Å². The van der Waals surface area contributed by atoms with E-state index in [1.165, 1.54) is 0 Å². The van der Waals surface area contributed by atoms with E-state index in [0.29, 0.717) is 10.9 Å². The van der Waals surface area contributed by atoms with Crippen molar-refractivity contribution in [3.8, 4) is 12.3 Å². The van der Waals surface area contributed by atoms with Crippen LogP contribution in [-0.4, -0.2) is 27.6 Å². The molecule has 6 nitrogen and oxygen atoms in total. The van der Waals surface area contributed by atoms with Crippen molar-refractivity contribution in [1.82, 2.24) is 15.0 Å². The van der Waals surface area contributed by atoms with Crippen LogP contribution < -0.4 is 5.56 Å². The molecule has 19 heavy (non-hydrogen) atoms. The standard InChI is InChI=1S/C13H11N3O3/c1-2-9-19-12(17)7-8-16-13(18)10-5-3-4-6-11(10)14-15-16/h1,3-6H,7-9H2. The Bertz CT molecular complexity index is 700. The Balaban J connectivity index is 2.14. The summed E-state index contributed by atoms with van der Waals surface area (Å²) >= 11 is 0. The van der Waals surface area contributed by atoms with E-state index in [1.807, 2.05) is 0 Å². The van der Waals surface area contributed by atoms with Crippen molar-refractivity contribution >= 4 is 16.9 Å². The third-order valence-electron chi connectivity index (χ3n) is 2.47. The first-order valence-electron chi connectivity index (χ1n) is 5.64. The van der Waals surface area contributed by atoms with Gasteiger partial charge >= 0.3 is 5.97 Å². The second-order valence-electron chi connectivity index (χ2n) is 3.75. The Kier molecular flexibility index (Phi) is 3.88. The number of hydrogen-bond acceptors (Lipinski definition) is 5. The molecule has 0 fully saturated rings. The molecule has 0 aliphatic rings. The van der Waals surface area contributed by atoms with E-state index in [9.17, 15) is 9.59 Å². The van der Waals surface area contributed by atoms with E-state index < -0.39 is 5.97 Å². The van der Waals surface area contributed by atoms with Gasteiger partial charge in [-0.15, -0.1) is 11.5 Å². The molecule has 0 atom stereocenters. The van der Waals surface area contributed by atoms with E-state index in [-0.39, 0.29) is 25.1 Å². The predicted octanol–water partition coefficient (Wildman–Crippen LogP) is 0.358. The van der Waals surface area contributed by atoms with Crippen LogP contribution in [0.25, 0.3) is 10.9 Å². The molecule has 2 aromatic rings. The minimum Gasteiger partial charge on any atom is -0.452 e. The minimum absolute atomic E-state index is 0.0224. The molecular formula is C13H11N3O3. The van der Waals surface area contributed by atoms with Gasteiger partial charge in [-0.2, -0.15) is 0 Å². The van der Waals surface area contributed by atoms with E-state index in [4.69, 9.17) is 11.2 Å². The molecule has 1 heterocycles. The Morgan fingerprint density at radius 2 is 2.21 bits per heavy atom. The van der Waals surface area contributed by atoms with Crippen molar-refractivity contribution in [2.75, 3.05) is 6.61 Å². The summed E-state index contributed by atoms with van der Waals surface area (Å²) in [5, 5.41) is 8.14. The van der Waals surface area contributed by atoms with Crippen molar-refractivity contribution in [3.05, 3.63) is 34.6 Å². The molecular weight excluding hydrogens is 246 g/mol. The van der Waals surface area contributed by atoms with Crippen LogP contribution in [0.3, 0.4) is 0 Å². The summed E-state index contributed by atoms with van der Waals surface area (Å²) in [4.78, 5) is 23.3. The highest BCUT2D eigenvalue weighted by Gasteiger charge is 2.07. The van der Waals surface area contributed by atoms with Crippen LogP contribution in [0.4, 0.5) is 0 Å². The molecule has 2 rings (SSSR count). The second kappa shape index (κ2) is 5.78. The Hall–Kier alpha value is -2.68. The number of esters is 1. The van der Waals surface area contributed by atoms with Gasteiger partial charge in [0.25, 0.3) is 5.56 Å². The lowest BCUT2D eigenvalue weighted by molar-refractivity contribution is -0.142. The summed E-state index contributed by atoms with van der Waals surface area (Å²) in [6, 6.07) is 6.89. The van der Waals surface area contributed by atoms with Gasteiger partial charge in [0.2, 0.25) is 0 Å². The van der Waals surface area contributed by atoms with E-state index in [2.05, 4.69) is 16.2 Å². The molecule has 96 valence electrons. The lowest BCUT2D eigenvalue weighted by atomic mass is 10.2. The molecule has 6 heteroatoms. The Morgan fingerprint density at radius 1 is 1.42 bits per heavy atom.